The van der Waals surface area contributed by atoms with Crippen molar-refractivity contribution in [2.24, 2.45) is 0 Å². The van der Waals surface area contributed by atoms with Gasteiger partial charge in [-0.3, -0.25) is 24.0 Å². The van der Waals surface area contributed by atoms with E-state index < -0.39 is 49.9 Å². The molecular weight excluding hydrogens is 667 g/mol. The molecule has 4 aromatic rings. The number of carbonyl (C=O) groups excluding carboxylic acids is 2. The van der Waals surface area contributed by atoms with Gasteiger partial charge in [-0.15, -0.1) is 0 Å². The molecule has 0 saturated carbocycles. The number of likely N-dealkylation sites (N-methyl/N-ethyl adjacent to an activating group) is 1. The second-order valence-corrected chi connectivity index (χ2v) is 13.2. The number of nitro groups is 1. The van der Waals surface area contributed by atoms with Crippen LogP contribution in [0.3, 0.4) is 0 Å². The Morgan fingerprint density at radius 1 is 0.936 bits per heavy atom. The number of nitrogens with zero attached hydrogens (tertiary/aromatic N) is 3. The van der Waals surface area contributed by atoms with E-state index in [9.17, 15) is 28.1 Å². The molecule has 0 aliphatic heterocycles. The van der Waals surface area contributed by atoms with Crippen molar-refractivity contribution in [1.29, 1.82) is 0 Å². The number of ether oxygens (including phenoxy) is 1. The van der Waals surface area contributed by atoms with Crippen LogP contribution in [0.25, 0.3) is 0 Å². The predicted octanol–water partition coefficient (Wildman–Crippen LogP) is 5.80. The van der Waals surface area contributed by atoms with E-state index in [2.05, 4.69) is 5.32 Å². The summed E-state index contributed by atoms with van der Waals surface area (Å²) in [6.45, 7) is 0.569. The van der Waals surface area contributed by atoms with Crippen LogP contribution in [0.5, 0.6) is 5.75 Å². The number of benzene rings is 4. The Hall–Kier alpha value is -4.65. The van der Waals surface area contributed by atoms with E-state index >= 15 is 0 Å². The predicted molar refractivity (Wildman–Crippen MR) is 180 cm³/mol. The molecule has 1 N–H and O–H groups in total. The molecule has 0 radical (unpaired) electrons. The Morgan fingerprint density at radius 2 is 1.62 bits per heavy atom. The number of sulfonamides is 1. The number of anilines is 1. The summed E-state index contributed by atoms with van der Waals surface area (Å²) < 4.78 is 34.9. The highest BCUT2D eigenvalue weighted by atomic mass is 35.5. The molecule has 4 rings (SSSR count). The zero-order valence-corrected chi connectivity index (χ0v) is 28.1. The molecule has 0 heterocycles. The first-order chi connectivity index (χ1) is 22.3. The smallest absolute Gasteiger partial charge is 0.273 e. The third kappa shape index (κ3) is 8.39. The summed E-state index contributed by atoms with van der Waals surface area (Å²) >= 11 is 12.5. The lowest BCUT2D eigenvalue weighted by Crippen LogP contribution is -2.53. The summed E-state index contributed by atoms with van der Waals surface area (Å²) in [4.78, 5) is 39.8. The van der Waals surface area contributed by atoms with Gasteiger partial charge in [-0.1, -0.05) is 71.7 Å². The Balaban J connectivity index is 1.88. The van der Waals surface area contributed by atoms with Gasteiger partial charge in [0.25, 0.3) is 15.7 Å². The average Bonchev–Trinajstić information content (AvgIpc) is 3.05. The summed E-state index contributed by atoms with van der Waals surface area (Å²) in [7, 11) is -1.91. The number of amides is 2. The molecule has 47 heavy (non-hydrogen) atoms. The SMILES string of the molecule is CNC(=O)C(Cc1ccccc1)N(Cc1cccc(Cl)c1)C(=O)CN(c1cc(Cl)ccc1OC)S(=O)(=O)c1ccc(C)c([N+](=O)[O-])c1. The Kier molecular flexibility index (Phi) is 11.5. The van der Waals surface area contributed by atoms with Crippen molar-refractivity contribution >= 4 is 56.4 Å². The summed E-state index contributed by atoms with van der Waals surface area (Å²) in [5, 5.41) is 14.9. The van der Waals surface area contributed by atoms with Crippen LogP contribution in [-0.2, 0) is 32.6 Å². The van der Waals surface area contributed by atoms with Gasteiger partial charge < -0.3 is 15.0 Å². The van der Waals surface area contributed by atoms with Gasteiger partial charge in [0.05, 0.1) is 22.6 Å². The fourth-order valence-corrected chi connectivity index (χ4v) is 6.81. The second-order valence-electron chi connectivity index (χ2n) is 10.5. The molecular formula is C33H32Cl2N4O7S. The number of methoxy groups -OCH3 is 1. The maximum atomic E-state index is 14.5. The highest BCUT2D eigenvalue weighted by Crippen LogP contribution is 2.36. The largest absolute Gasteiger partial charge is 0.495 e. The van der Waals surface area contributed by atoms with Gasteiger partial charge in [-0.25, -0.2) is 8.42 Å². The standard InChI is InChI=1S/C33H32Cl2N4O7S/c1-22-12-14-27(19-28(22)39(42)43)47(44,45)38(29-18-26(35)13-15-31(29)46-3)21-32(40)37(20-24-10-7-11-25(34)16-24)30(33(41)36-2)17-23-8-5-4-6-9-23/h4-16,18-19,30H,17,20-21H2,1-3H3,(H,36,41). The summed E-state index contributed by atoms with van der Waals surface area (Å²) in [5.74, 6) is -1.16. The van der Waals surface area contributed by atoms with Gasteiger partial charge in [0.15, 0.2) is 0 Å². The van der Waals surface area contributed by atoms with Gasteiger partial charge in [-0.2, -0.15) is 0 Å². The van der Waals surface area contributed by atoms with Gasteiger partial charge in [0, 0.05) is 41.7 Å². The van der Waals surface area contributed by atoms with Crippen molar-refractivity contribution in [2.75, 3.05) is 25.0 Å². The molecule has 0 spiro atoms. The molecule has 0 aliphatic carbocycles. The molecule has 0 aliphatic rings. The fourth-order valence-electron chi connectivity index (χ4n) is 5.00. The third-order valence-electron chi connectivity index (χ3n) is 7.41. The number of hydrogen-bond acceptors (Lipinski definition) is 7. The summed E-state index contributed by atoms with van der Waals surface area (Å²) in [6.07, 6.45) is 0.115. The third-order valence-corrected chi connectivity index (χ3v) is 9.64. The lowest BCUT2D eigenvalue weighted by atomic mass is 10.0. The summed E-state index contributed by atoms with van der Waals surface area (Å²) in [6, 6.07) is 22.4. The van der Waals surface area contributed by atoms with Crippen molar-refractivity contribution in [3.8, 4) is 5.75 Å². The molecule has 0 saturated heterocycles. The topological polar surface area (TPSA) is 139 Å². The van der Waals surface area contributed by atoms with Crippen LogP contribution in [0.15, 0.2) is 95.9 Å². The van der Waals surface area contributed by atoms with Crippen molar-refractivity contribution < 1.29 is 27.7 Å². The normalized spacial score (nSPS) is 11.8. The van der Waals surface area contributed by atoms with E-state index in [1.54, 1.807) is 36.4 Å². The Morgan fingerprint density at radius 3 is 2.26 bits per heavy atom. The van der Waals surface area contributed by atoms with Crippen LogP contribution in [0.1, 0.15) is 16.7 Å². The van der Waals surface area contributed by atoms with E-state index in [0.29, 0.717) is 10.6 Å². The van der Waals surface area contributed by atoms with E-state index in [1.807, 2.05) is 18.2 Å². The minimum Gasteiger partial charge on any atom is -0.495 e. The molecule has 1 atom stereocenters. The molecule has 2 amide bonds. The number of carbonyl (C=O) groups is 2. The van der Waals surface area contributed by atoms with Crippen molar-refractivity contribution in [1.82, 2.24) is 10.2 Å². The number of hydrogen-bond donors (Lipinski definition) is 1. The number of halogens is 2. The fraction of sp³-hybridized carbons (Fsp3) is 0.212. The second kappa shape index (κ2) is 15.3. The minimum atomic E-state index is -4.67. The first kappa shape index (κ1) is 35.2. The van der Waals surface area contributed by atoms with Gasteiger partial charge >= 0.3 is 0 Å². The van der Waals surface area contributed by atoms with Crippen LogP contribution >= 0.6 is 23.2 Å². The monoisotopic (exact) mass is 698 g/mol. The van der Waals surface area contributed by atoms with E-state index in [-0.39, 0.29) is 35.0 Å². The van der Waals surface area contributed by atoms with E-state index in [4.69, 9.17) is 27.9 Å². The zero-order chi connectivity index (χ0) is 34.3. The van der Waals surface area contributed by atoms with Crippen LogP contribution in [-0.4, -0.2) is 56.8 Å². The Labute approximate surface area is 282 Å². The quantitative estimate of drug-likeness (QED) is 0.138. The minimum absolute atomic E-state index is 0.0703. The van der Waals surface area contributed by atoms with Crippen LogP contribution in [0.4, 0.5) is 11.4 Å². The van der Waals surface area contributed by atoms with E-state index in [0.717, 1.165) is 15.9 Å². The lowest BCUT2D eigenvalue weighted by molar-refractivity contribution is -0.385. The summed E-state index contributed by atoms with van der Waals surface area (Å²) in [5.41, 5.74) is 1.10. The highest BCUT2D eigenvalue weighted by molar-refractivity contribution is 7.92. The molecule has 11 nitrogen and oxygen atoms in total. The van der Waals surface area contributed by atoms with Crippen LogP contribution < -0.4 is 14.4 Å². The lowest BCUT2D eigenvalue weighted by Gasteiger charge is -2.34. The molecule has 0 aromatic heterocycles. The first-order valence-electron chi connectivity index (χ1n) is 14.3. The van der Waals surface area contributed by atoms with Crippen LogP contribution in [0, 0.1) is 17.0 Å². The van der Waals surface area contributed by atoms with Crippen molar-refractivity contribution in [3.63, 3.8) is 0 Å². The van der Waals surface area contributed by atoms with Gasteiger partial charge in [0.1, 0.15) is 18.3 Å². The molecule has 0 bridgehead atoms. The number of nitro benzene ring substituents is 1. The van der Waals surface area contributed by atoms with Gasteiger partial charge in [0.2, 0.25) is 11.8 Å². The van der Waals surface area contributed by atoms with Gasteiger partial charge in [-0.05, 0) is 54.4 Å². The molecule has 1 unspecified atom stereocenters. The maximum absolute atomic E-state index is 14.5. The average molecular weight is 700 g/mol. The van der Waals surface area contributed by atoms with Crippen molar-refractivity contribution in [3.05, 3.63) is 128 Å². The molecule has 0 fully saturated rings. The van der Waals surface area contributed by atoms with E-state index in [1.165, 1.54) is 56.3 Å². The molecule has 246 valence electrons. The Bertz CT molecular complexity index is 1890. The number of rotatable bonds is 13. The number of nitrogens with one attached hydrogen (secondary N) is 1. The highest BCUT2D eigenvalue weighted by Gasteiger charge is 2.36. The number of aryl methyl sites for hydroxylation is 1. The zero-order valence-electron chi connectivity index (χ0n) is 25.7. The maximum Gasteiger partial charge on any atom is 0.273 e. The first-order valence-corrected chi connectivity index (χ1v) is 16.5. The molecule has 14 heteroatoms. The van der Waals surface area contributed by atoms with Crippen molar-refractivity contribution in [2.45, 2.75) is 30.8 Å². The van der Waals surface area contributed by atoms with Crippen LogP contribution in [0.2, 0.25) is 10.0 Å². The molecule has 4 aromatic carbocycles.